The highest BCUT2D eigenvalue weighted by molar-refractivity contribution is 7.73. The van der Waals surface area contributed by atoms with Crippen LogP contribution in [0.1, 0.15) is 42.7 Å². The van der Waals surface area contributed by atoms with E-state index in [2.05, 4.69) is 4.98 Å². The van der Waals surface area contributed by atoms with Crippen molar-refractivity contribution in [3.63, 3.8) is 0 Å². The van der Waals surface area contributed by atoms with Crippen molar-refractivity contribution in [3.8, 4) is 0 Å². The number of hydrogen-bond donors (Lipinski definition) is 1. The zero-order valence-corrected chi connectivity index (χ0v) is 12.5. The number of rotatable bonds is 2. The summed E-state index contributed by atoms with van der Waals surface area (Å²) in [5.74, 6) is 0.255. The number of nitrogens with one attached hydrogen (secondary N) is 1. The number of amides is 1. The highest BCUT2D eigenvalue weighted by Crippen LogP contribution is 2.17. The molecule has 0 saturated carbocycles. The van der Waals surface area contributed by atoms with Crippen LogP contribution in [0.3, 0.4) is 0 Å². The van der Waals surface area contributed by atoms with Gasteiger partial charge in [-0.1, -0.05) is 19.3 Å². The molecule has 0 bridgehead atoms. The Morgan fingerprint density at radius 1 is 1.28 bits per heavy atom. The molecule has 1 aromatic rings. The molecule has 0 spiro atoms. The van der Waals surface area contributed by atoms with Gasteiger partial charge in [-0.3, -0.25) is 4.79 Å². The fourth-order valence-electron chi connectivity index (χ4n) is 2.35. The summed E-state index contributed by atoms with van der Waals surface area (Å²) in [4.78, 5) is 18.5. The molecule has 0 aromatic carbocycles. The number of H-pyrrole nitrogens is 1. The smallest absolute Gasteiger partial charge is 0.227 e. The van der Waals surface area contributed by atoms with E-state index in [1.165, 1.54) is 30.6 Å². The summed E-state index contributed by atoms with van der Waals surface area (Å²) >= 11 is 6.64. The molecule has 1 fully saturated rings. The molecular formula is C13H20N2OS2. The van der Waals surface area contributed by atoms with Crippen LogP contribution >= 0.6 is 23.6 Å². The molecule has 18 heavy (non-hydrogen) atoms. The van der Waals surface area contributed by atoms with Gasteiger partial charge in [0.15, 0.2) is 3.95 Å². The second-order valence-electron chi connectivity index (χ2n) is 4.89. The van der Waals surface area contributed by atoms with Crippen LogP contribution in [0.25, 0.3) is 0 Å². The highest BCUT2D eigenvalue weighted by atomic mass is 32.1. The maximum absolute atomic E-state index is 12.3. The van der Waals surface area contributed by atoms with Gasteiger partial charge in [-0.2, -0.15) is 0 Å². The van der Waals surface area contributed by atoms with Gasteiger partial charge in [0.25, 0.3) is 0 Å². The Bertz CT molecular complexity index is 456. The normalized spacial score (nSPS) is 17.3. The van der Waals surface area contributed by atoms with E-state index in [0.717, 1.165) is 40.5 Å². The van der Waals surface area contributed by atoms with Gasteiger partial charge in [0.1, 0.15) is 0 Å². The first-order chi connectivity index (χ1) is 8.66. The molecular weight excluding hydrogens is 264 g/mol. The standard InChI is InChI=1S/C13H20N2OS2/c1-10-11(18-13(17)14-10)9-12(16)15-7-5-3-2-4-6-8-15/h2-9H2,1H3,(H,14,17). The van der Waals surface area contributed by atoms with Crippen LogP contribution in [0.4, 0.5) is 0 Å². The molecule has 1 aromatic heterocycles. The second kappa shape index (κ2) is 6.48. The lowest BCUT2D eigenvalue weighted by atomic mass is 10.1. The van der Waals surface area contributed by atoms with E-state index in [9.17, 15) is 4.79 Å². The summed E-state index contributed by atoms with van der Waals surface area (Å²) in [6.07, 6.45) is 6.63. The first kappa shape index (κ1) is 13.7. The Labute approximate surface area is 117 Å². The fourth-order valence-corrected chi connectivity index (χ4v) is 3.63. The summed E-state index contributed by atoms with van der Waals surface area (Å²) in [5, 5.41) is 0. The van der Waals surface area contributed by atoms with Crippen molar-refractivity contribution in [1.82, 2.24) is 9.88 Å². The van der Waals surface area contributed by atoms with Crippen molar-refractivity contribution in [1.29, 1.82) is 0 Å². The van der Waals surface area contributed by atoms with Gasteiger partial charge in [-0.05, 0) is 32.0 Å². The lowest BCUT2D eigenvalue weighted by molar-refractivity contribution is -0.130. The van der Waals surface area contributed by atoms with Crippen molar-refractivity contribution in [3.05, 3.63) is 14.5 Å². The van der Waals surface area contributed by atoms with Crippen LogP contribution < -0.4 is 0 Å². The zero-order valence-electron chi connectivity index (χ0n) is 10.8. The Kier molecular flexibility index (Phi) is 4.95. The minimum absolute atomic E-state index is 0.255. The van der Waals surface area contributed by atoms with Crippen molar-refractivity contribution >= 4 is 29.5 Å². The van der Waals surface area contributed by atoms with Crippen molar-refractivity contribution in [2.24, 2.45) is 0 Å². The van der Waals surface area contributed by atoms with E-state index in [4.69, 9.17) is 12.2 Å². The summed E-state index contributed by atoms with van der Waals surface area (Å²) in [6, 6.07) is 0. The van der Waals surface area contributed by atoms with Crippen LogP contribution in [-0.4, -0.2) is 28.9 Å². The van der Waals surface area contributed by atoms with E-state index >= 15 is 0 Å². The summed E-state index contributed by atoms with van der Waals surface area (Å²) in [5.41, 5.74) is 1.05. The summed E-state index contributed by atoms with van der Waals surface area (Å²) in [7, 11) is 0. The van der Waals surface area contributed by atoms with Gasteiger partial charge in [0.05, 0.1) is 6.42 Å². The van der Waals surface area contributed by atoms with Gasteiger partial charge >= 0.3 is 0 Å². The van der Waals surface area contributed by atoms with E-state index < -0.39 is 0 Å². The monoisotopic (exact) mass is 284 g/mol. The van der Waals surface area contributed by atoms with E-state index in [1.807, 2.05) is 11.8 Å². The number of aromatic nitrogens is 1. The minimum Gasteiger partial charge on any atom is -0.342 e. The molecule has 0 unspecified atom stereocenters. The minimum atomic E-state index is 0.255. The first-order valence-electron chi connectivity index (χ1n) is 6.63. The quantitative estimate of drug-likeness (QED) is 0.844. The predicted octanol–water partition coefficient (Wildman–Crippen LogP) is 3.45. The molecule has 0 aliphatic carbocycles. The first-order valence-corrected chi connectivity index (χ1v) is 7.85. The van der Waals surface area contributed by atoms with Gasteiger partial charge in [0.2, 0.25) is 5.91 Å². The van der Waals surface area contributed by atoms with Gasteiger partial charge in [-0.25, -0.2) is 0 Å². The van der Waals surface area contributed by atoms with Crippen LogP contribution in [-0.2, 0) is 11.2 Å². The zero-order chi connectivity index (χ0) is 13.0. The number of aromatic amines is 1. The molecule has 1 amide bonds. The topological polar surface area (TPSA) is 36.1 Å². The van der Waals surface area contributed by atoms with Gasteiger partial charge in [-0.15, -0.1) is 11.3 Å². The van der Waals surface area contributed by atoms with Crippen LogP contribution in [0.2, 0.25) is 0 Å². The maximum Gasteiger partial charge on any atom is 0.227 e. The van der Waals surface area contributed by atoms with Crippen LogP contribution in [0, 0.1) is 10.9 Å². The van der Waals surface area contributed by atoms with Crippen molar-refractivity contribution in [2.45, 2.75) is 45.4 Å². The molecule has 0 radical (unpaired) electrons. The SMILES string of the molecule is Cc1[nH]c(=S)sc1CC(=O)N1CCCCCCC1. The van der Waals surface area contributed by atoms with Crippen molar-refractivity contribution < 1.29 is 4.79 Å². The number of carbonyl (C=O) groups excluding carboxylic acids is 1. The van der Waals surface area contributed by atoms with E-state index in [1.54, 1.807) is 0 Å². The summed E-state index contributed by atoms with van der Waals surface area (Å²) < 4.78 is 0.767. The number of likely N-dealkylation sites (tertiary alicyclic amines) is 1. The Balaban J connectivity index is 1.97. The third-order valence-electron chi connectivity index (χ3n) is 3.44. The number of carbonyl (C=O) groups is 1. The van der Waals surface area contributed by atoms with Gasteiger partial charge < -0.3 is 9.88 Å². The molecule has 1 aliphatic heterocycles. The molecule has 3 nitrogen and oxygen atoms in total. The number of hydrogen-bond acceptors (Lipinski definition) is 3. The lowest BCUT2D eigenvalue weighted by Gasteiger charge is -2.24. The van der Waals surface area contributed by atoms with Crippen LogP contribution in [0.5, 0.6) is 0 Å². The lowest BCUT2D eigenvalue weighted by Crippen LogP contribution is -2.34. The fraction of sp³-hybridized carbons (Fsp3) is 0.692. The highest BCUT2D eigenvalue weighted by Gasteiger charge is 2.16. The van der Waals surface area contributed by atoms with E-state index in [-0.39, 0.29) is 5.91 Å². The second-order valence-corrected chi connectivity index (χ2v) is 6.66. The maximum atomic E-state index is 12.3. The Morgan fingerprint density at radius 3 is 2.44 bits per heavy atom. The van der Waals surface area contributed by atoms with Gasteiger partial charge in [0, 0.05) is 23.7 Å². The summed E-state index contributed by atoms with van der Waals surface area (Å²) in [6.45, 7) is 3.84. The molecule has 1 N–H and O–H groups in total. The number of thiazole rings is 1. The number of nitrogens with zero attached hydrogens (tertiary/aromatic N) is 1. The average Bonchev–Trinajstić information content (AvgIpc) is 2.56. The Hall–Kier alpha value is -0.680. The van der Waals surface area contributed by atoms with Crippen LogP contribution in [0.15, 0.2) is 0 Å². The third kappa shape index (κ3) is 3.65. The third-order valence-corrected chi connectivity index (χ3v) is 4.78. The molecule has 1 saturated heterocycles. The molecule has 0 atom stereocenters. The molecule has 1 aliphatic rings. The Morgan fingerprint density at radius 2 is 1.89 bits per heavy atom. The molecule has 5 heteroatoms. The number of aryl methyl sites for hydroxylation is 1. The average molecular weight is 284 g/mol. The predicted molar refractivity (Wildman–Crippen MR) is 77.6 cm³/mol. The molecule has 2 heterocycles. The molecule has 2 rings (SSSR count). The largest absolute Gasteiger partial charge is 0.342 e. The van der Waals surface area contributed by atoms with E-state index in [0.29, 0.717) is 6.42 Å². The van der Waals surface area contributed by atoms with Crippen molar-refractivity contribution in [2.75, 3.05) is 13.1 Å². The molecule has 100 valence electrons.